The van der Waals surface area contributed by atoms with Gasteiger partial charge in [0.15, 0.2) is 5.96 Å². The standard InChI is InChI=1S/C16H22F4N4O2S/c1-2-21-15(22-11-12-3-5-13(17)6-4-12)23-14-7-9-24(10-8-14)27(25,26)16(18,19)20/h3-6,14H,2,7-11H2,1H3,(H2,21,22,23). The molecule has 2 N–H and O–H groups in total. The molecule has 0 saturated carbocycles. The number of rotatable bonds is 5. The van der Waals surface area contributed by atoms with E-state index in [4.69, 9.17) is 0 Å². The third-order valence-electron chi connectivity index (χ3n) is 4.10. The number of aliphatic imine (C=N–C) groups is 1. The van der Waals surface area contributed by atoms with Gasteiger partial charge in [0, 0.05) is 25.7 Å². The first-order chi connectivity index (χ1) is 12.6. The van der Waals surface area contributed by atoms with Crippen LogP contribution >= 0.6 is 0 Å². The number of hydrogen-bond donors (Lipinski definition) is 2. The summed E-state index contributed by atoms with van der Waals surface area (Å²) in [6.45, 7) is 2.33. The lowest BCUT2D eigenvalue weighted by Gasteiger charge is -2.32. The number of hydrogen-bond acceptors (Lipinski definition) is 3. The Kier molecular flexibility index (Phi) is 7.04. The fourth-order valence-electron chi connectivity index (χ4n) is 2.66. The second-order valence-electron chi connectivity index (χ2n) is 6.09. The first-order valence-electron chi connectivity index (χ1n) is 8.49. The number of piperidine rings is 1. The summed E-state index contributed by atoms with van der Waals surface area (Å²) in [7, 11) is -5.28. The Bertz CT molecular complexity index is 743. The third kappa shape index (κ3) is 5.80. The summed E-state index contributed by atoms with van der Waals surface area (Å²) in [5.74, 6) is 0.132. The van der Waals surface area contributed by atoms with E-state index in [1.807, 2.05) is 6.92 Å². The lowest BCUT2D eigenvalue weighted by molar-refractivity contribution is -0.0494. The maximum atomic E-state index is 12.9. The molecule has 6 nitrogen and oxygen atoms in total. The fraction of sp³-hybridized carbons (Fsp3) is 0.562. The summed E-state index contributed by atoms with van der Waals surface area (Å²) in [6, 6.07) is 5.70. The number of benzene rings is 1. The van der Waals surface area contributed by atoms with Gasteiger partial charge in [0.05, 0.1) is 6.54 Å². The average molecular weight is 410 g/mol. The molecule has 0 aromatic heterocycles. The van der Waals surface area contributed by atoms with E-state index >= 15 is 0 Å². The van der Waals surface area contributed by atoms with Crippen molar-refractivity contribution in [3.63, 3.8) is 0 Å². The van der Waals surface area contributed by atoms with Crippen molar-refractivity contribution in [3.8, 4) is 0 Å². The molecule has 1 heterocycles. The van der Waals surface area contributed by atoms with E-state index < -0.39 is 15.5 Å². The van der Waals surface area contributed by atoms with Crippen molar-refractivity contribution < 1.29 is 26.0 Å². The highest BCUT2D eigenvalue weighted by Gasteiger charge is 2.50. The molecular formula is C16H22F4N4O2S. The fourth-order valence-corrected chi connectivity index (χ4v) is 3.64. The number of nitrogens with one attached hydrogen (secondary N) is 2. The van der Waals surface area contributed by atoms with Crippen LogP contribution in [0, 0.1) is 5.82 Å². The van der Waals surface area contributed by atoms with E-state index in [1.165, 1.54) is 12.1 Å². The monoisotopic (exact) mass is 410 g/mol. The van der Waals surface area contributed by atoms with Gasteiger partial charge < -0.3 is 10.6 Å². The van der Waals surface area contributed by atoms with Gasteiger partial charge in [0.2, 0.25) is 0 Å². The number of guanidine groups is 1. The maximum Gasteiger partial charge on any atom is 0.511 e. The molecule has 1 aromatic carbocycles. The summed E-state index contributed by atoms with van der Waals surface area (Å²) < 4.78 is 74.1. The van der Waals surface area contributed by atoms with Gasteiger partial charge in [-0.25, -0.2) is 17.8 Å². The molecule has 2 rings (SSSR count). The summed E-state index contributed by atoms with van der Waals surface area (Å²) in [4.78, 5) is 4.37. The molecule has 0 amide bonds. The third-order valence-corrected chi connectivity index (χ3v) is 5.73. The molecule has 27 heavy (non-hydrogen) atoms. The van der Waals surface area contributed by atoms with E-state index in [0.29, 0.717) is 23.4 Å². The molecule has 0 radical (unpaired) electrons. The summed E-state index contributed by atoms with van der Waals surface area (Å²) in [5, 5.41) is 6.14. The number of alkyl halides is 3. The molecule has 0 spiro atoms. The highest BCUT2D eigenvalue weighted by atomic mass is 32.2. The Morgan fingerprint density at radius 1 is 1.22 bits per heavy atom. The van der Waals surface area contributed by atoms with Gasteiger partial charge in [-0.3, -0.25) is 0 Å². The Morgan fingerprint density at radius 3 is 2.33 bits per heavy atom. The zero-order valence-electron chi connectivity index (χ0n) is 14.8. The molecule has 1 aliphatic heterocycles. The van der Waals surface area contributed by atoms with E-state index in [-0.39, 0.29) is 37.8 Å². The minimum absolute atomic E-state index is 0.198. The van der Waals surface area contributed by atoms with Gasteiger partial charge in [-0.1, -0.05) is 12.1 Å². The molecule has 1 aromatic rings. The van der Waals surface area contributed by atoms with Crippen LogP contribution in [0.15, 0.2) is 29.3 Å². The first kappa shape index (κ1) is 21.4. The Labute approximate surface area is 155 Å². The second-order valence-corrected chi connectivity index (χ2v) is 8.02. The van der Waals surface area contributed by atoms with Crippen molar-refractivity contribution in [1.82, 2.24) is 14.9 Å². The quantitative estimate of drug-likeness (QED) is 0.444. The predicted octanol–water partition coefficient (Wildman–Crippen LogP) is 2.19. The highest BCUT2D eigenvalue weighted by Crippen LogP contribution is 2.28. The van der Waals surface area contributed by atoms with Gasteiger partial charge in [-0.2, -0.15) is 17.5 Å². The van der Waals surface area contributed by atoms with Crippen molar-refractivity contribution in [2.45, 2.75) is 37.9 Å². The SMILES string of the molecule is CCNC(=NCc1ccc(F)cc1)NC1CCN(S(=O)(=O)C(F)(F)F)CC1. The Morgan fingerprint density at radius 2 is 1.81 bits per heavy atom. The molecule has 152 valence electrons. The van der Waals surface area contributed by atoms with Gasteiger partial charge >= 0.3 is 15.5 Å². The maximum absolute atomic E-state index is 12.9. The Hall–Kier alpha value is -1.88. The average Bonchev–Trinajstić information content (AvgIpc) is 2.61. The van der Waals surface area contributed by atoms with Crippen LogP contribution in [0.4, 0.5) is 17.6 Å². The van der Waals surface area contributed by atoms with Gasteiger partial charge in [0.1, 0.15) is 5.82 Å². The smallest absolute Gasteiger partial charge is 0.357 e. The van der Waals surface area contributed by atoms with Crippen molar-refractivity contribution in [2.75, 3.05) is 19.6 Å². The summed E-state index contributed by atoms with van der Waals surface area (Å²) >= 11 is 0. The van der Waals surface area contributed by atoms with Gasteiger partial charge in [0.25, 0.3) is 0 Å². The van der Waals surface area contributed by atoms with Crippen molar-refractivity contribution >= 4 is 16.0 Å². The number of nitrogens with zero attached hydrogens (tertiary/aromatic N) is 2. The zero-order valence-corrected chi connectivity index (χ0v) is 15.6. The summed E-state index contributed by atoms with van der Waals surface area (Å²) in [6.07, 6.45) is 0.465. The van der Waals surface area contributed by atoms with Crippen LogP contribution in [-0.4, -0.2) is 49.9 Å². The van der Waals surface area contributed by atoms with Crippen LogP contribution in [0.1, 0.15) is 25.3 Å². The van der Waals surface area contributed by atoms with Crippen LogP contribution < -0.4 is 10.6 Å². The zero-order chi connectivity index (χ0) is 20.1. The minimum Gasteiger partial charge on any atom is -0.357 e. The van der Waals surface area contributed by atoms with Gasteiger partial charge in [-0.15, -0.1) is 0 Å². The lowest BCUT2D eigenvalue weighted by atomic mass is 10.1. The number of sulfonamides is 1. The van der Waals surface area contributed by atoms with Crippen LogP contribution in [0.3, 0.4) is 0 Å². The van der Waals surface area contributed by atoms with E-state index in [1.54, 1.807) is 12.1 Å². The van der Waals surface area contributed by atoms with Crippen molar-refractivity contribution in [3.05, 3.63) is 35.6 Å². The van der Waals surface area contributed by atoms with Crippen LogP contribution in [0.25, 0.3) is 0 Å². The largest absolute Gasteiger partial charge is 0.511 e. The van der Waals surface area contributed by atoms with E-state index in [9.17, 15) is 26.0 Å². The van der Waals surface area contributed by atoms with Crippen LogP contribution in [0.2, 0.25) is 0 Å². The predicted molar refractivity (Wildman–Crippen MR) is 93.9 cm³/mol. The lowest BCUT2D eigenvalue weighted by Crippen LogP contribution is -2.51. The highest BCUT2D eigenvalue weighted by molar-refractivity contribution is 7.90. The number of halogens is 4. The molecule has 0 unspecified atom stereocenters. The first-order valence-corrected chi connectivity index (χ1v) is 9.93. The van der Waals surface area contributed by atoms with E-state index in [2.05, 4.69) is 15.6 Å². The Balaban J connectivity index is 1.94. The van der Waals surface area contributed by atoms with Crippen LogP contribution in [0.5, 0.6) is 0 Å². The summed E-state index contributed by atoms with van der Waals surface area (Å²) in [5.41, 5.74) is -4.47. The molecule has 0 atom stereocenters. The molecule has 0 aliphatic carbocycles. The molecule has 0 bridgehead atoms. The minimum atomic E-state index is -5.28. The van der Waals surface area contributed by atoms with Crippen molar-refractivity contribution in [1.29, 1.82) is 0 Å². The molecular weight excluding hydrogens is 388 g/mol. The molecule has 1 saturated heterocycles. The normalized spacial score (nSPS) is 17.7. The molecule has 11 heteroatoms. The topological polar surface area (TPSA) is 73.8 Å². The van der Waals surface area contributed by atoms with Crippen molar-refractivity contribution in [2.24, 2.45) is 4.99 Å². The molecule has 1 fully saturated rings. The van der Waals surface area contributed by atoms with Gasteiger partial charge in [-0.05, 0) is 37.5 Å². The van der Waals surface area contributed by atoms with Crippen LogP contribution in [-0.2, 0) is 16.6 Å². The molecule has 1 aliphatic rings. The second kappa shape index (κ2) is 8.87. The van der Waals surface area contributed by atoms with E-state index in [0.717, 1.165) is 5.56 Å².